The summed E-state index contributed by atoms with van der Waals surface area (Å²) in [5.74, 6) is 0. The summed E-state index contributed by atoms with van der Waals surface area (Å²) in [7, 11) is 0. The second-order valence-corrected chi connectivity index (χ2v) is 12.2. The van der Waals surface area contributed by atoms with Crippen LogP contribution in [-0.2, 0) is 0 Å². The third-order valence-electron chi connectivity index (χ3n) is 10.2. The molecule has 0 saturated heterocycles. The first-order valence-electron chi connectivity index (χ1n) is 15.2. The van der Waals surface area contributed by atoms with E-state index in [-0.39, 0.29) is 0 Å². The third kappa shape index (κ3) is 2.44. The molecule has 0 aliphatic rings. The minimum Gasteiger partial charge on any atom is -0.305 e. The zero-order chi connectivity index (χ0) is 28.8. The van der Waals surface area contributed by atoms with E-state index >= 15 is 0 Å². The van der Waals surface area contributed by atoms with Crippen molar-refractivity contribution in [3.63, 3.8) is 0 Å². The lowest BCUT2D eigenvalue weighted by Crippen LogP contribution is -2.12. The molecule has 2 nitrogen and oxygen atoms in total. The summed E-state index contributed by atoms with van der Waals surface area (Å²) in [6.07, 6.45) is 2.04. The second-order valence-electron chi connectivity index (χ2n) is 12.2. The summed E-state index contributed by atoms with van der Waals surface area (Å²) < 4.78 is 5.10. The molecule has 44 heavy (non-hydrogen) atoms. The van der Waals surface area contributed by atoms with E-state index in [0.29, 0.717) is 0 Å². The molecule has 4 heterocycles. The Morgan fingerprint density at radius 1 is 0.455 bits per heavy atom. The van der Waals surface area contributed by atoms with E-state index in [0.717, 1.165) is 16.2 Å². The summed E-state index contributed by atoms with van der Waals surface area (Å²) in [5, 5.41) is 13.6. The van der Waals surface area contributed by atoms with Crippen LogP contribution in [0.5, 0.6) is 0 Å². The number of benzene rings is 7. The number of hydrogen-bond donors (Lipinski definition) is 0. The second kappa shape index (κ2) is 7.55. The minimum absolute atomic E-state index is 1.02. The predicted molar refractivity (Wildman–Crippen MR) is 190 cm³/mol. The van der Waals surface area contributed by atoms with Crippen LogP contribution >= 0.6 is 0 Å². The highest BCUT2D eigenvalue weighted by atomic mass is 15.0. The number of pyridine rings is 3. The Balaban J connectivity index is 1.58. The van der Waals surface area contributed by atoms with Crippen LogP contribution in [0.25, 0.3) is 111 Å². The van der Waals surface area contributed by atoms with Gasteiger partial charge in [0.15, 0.2) is 0 Å². The molecule has 0 aliphatic carbocycles. The lowest BCUT2D eigenvalue weighted by atomic mass is 9.89. The van der Waals surface area contributed by atoms with Gasteiger partial charge in [0.25, 0.3) is 0 Å². The van der Waals surface area contributed by atoms with Gasteiger partial charge in [-0.3, -0.25) is 0 Å². The molecule has 0 amide bonds. The molecule has 7 aromatic carbocycles. The van der Waals surface area contributed by atoms with Crippen molar-refractivity contribution in [3.8, 4) is 11.1 Å². The Morgan fingerprint density at radius 2 is 1.18 bits per heavy atom. The zero-order valence-electron chi connectivity index (χ0n) is 23.9. The minimum atomic E-state index is 1.02. The molecule has 0 unspecified atom stereocenters. The lowest BCUT2D eigenvalue weighted by molar-refractivity contribution is 1.24. The highest BCUT2D eigenvalue weighted by molar-refractivity contribution is 6.34. The normalized spacial score (nSPS) is 12.7. The van der Waals surface area contributed by atoms with Gasteiger partial charge in [0, 0.05) is 32.3 Å². The molecule has 0 spiro atoms. The van der Waals surface area contributed by atoms with E-state index in [1.165, 1.54) is 92.7 Å². The predicted octanol–water partition coefficient (Wildman–Crippen LogP) is 10.6. The van der Waals surface area contributed by atoms with Crippen LogP contribution in [0.1, 0.15) is 5.56 Å². The fourth-order valence-electron chi connectivity index (χ4n) is 8.50. The van der Waals surface area contributed by atoms with Crippen molar-refractivity contribution < 1.29 is 0 Å². The Bertz CT molecular complexity index is 3060. The number of nitrogens with zero attached hydrogens (tertiary/aromatic N) is 2. The van der Waals surface area contributed by atoms with Gasteiger partial charge in [-0.25, -0.2) is 0 Å². The molecule has 11 aromatic rings. The van der Waals surface area contributed by atoms with E-state index in [4.69, 9.17) is 0 Å². The van der Waals surface area contributed by atoms with E-state index in [2.05, 4.69) is 137 Å². The van der Waals surface area contributed by atoms with Gasteiger partial charge in [-0.2, -0.15) is 0 Å². The van der Waals surface area contributed by atoms with Crippen molar-refractivity contribution in [2.75, 3.05) is 0 Å². The molecular weight excluding hydrogens is 532 g/mol. The van der Waals surface area contributed by atoms with Crippen molar-refractivity contribution in [1.82, 2.24) is 8.80 Å². The largest absolute Gasteiger partial charge is 0.305 e. The van der Waals surface area contributed by atoms with Crippen LogP contribution < -0.4 is 5.22 Å². The van der Waals surface area contributed by atoms with E-state index < -0.39 is 0 Å². The Morgan fingerprint density at radius 3 is 2.00 bits per heavy atom. The number of hydrogen-bond acceptors (Lipinski definition) is 0. The molecule has 2 heteroatoms. The molecule has 0 N–H and O–H groups in total. The van der Waals surface area contributed by atoms with Crippen LogP contribution in [-0.4, -0.2) is 8.80 Å². The molecule has 202 valence electrons. The first kappa shape index (κ1) is 22.7. The summed E-state index contributed by atoms with van der Waals surface area (Å²) in [5.41, 5.74) is 10.9. The lowest BCUT2D eigenvalue weighted by Gasteiger charge is -2.27. The van der Waals surface area contributed by atoms with Crippen molar-refractivity contribution in [3.05, 3.63) is 133 Å². The van der Waals surface area contributed by atoms with E-state index in [9.17, 15) is 0 Å². The topological polar surface area (TPSA) is 8.82 Å². The summed E-state index contributed by atoms with van der Waals surface area (Å²) in [4.78, 5) is 0. The molecule has 0 bridgehead atoms. The molecule has 4 aromatic heterocycles. The van der Waals surface area contributed by atoms with Gasteiger partial charge >= 0.3 is 0 Å². The first-order chi connectivity index (χ1) is 21.7. The maximum Gasteiger partial charge on any atom is 0.0795 e. The van der Waals surface area contributed by atoms with Gasteiger partial charge in [0.2, 0.25) is 0 Å². The van der Waals surface area contributed by atoms with Gasteiger partial charge < -0.3 is 8.80 Å². The third-order valence-corrected chi connectivity index (χ3v) is 10.2. The Hall–Kier alpha value is -5.86. The van der Waals surface area contributed by atoms with Gasteiger partial charge in [0.1, 0.15) is 0 Å². The van der Waals surface area contributed by atoms with Gasteiger partial charge in [-0.15, -0.1) is 0 Å². The Labute approximate surface area is 251 Å². The fourth-order valence-corrected chi connectivity index (χ4v) is 8.50. The number of aromatic nitrogens is 2. The average molecular weight is 557 g/mol. The van der Waals surface area contributed by atoms with Crippen LogP contribution in [0, 0.1) is 0 Å². The van der Waals surface area contributed by atoms with Gasteiger partial charge in [-0.05, 0) is 73.8 Å². The van der Waals surface area contributed by atoms with Gasteiger partial charge in [-0.1, -0.05) is 104 Å². The average Bonchev–Trinajstić information content (AvgIpc) is 3.07. The first-order valence-corrected chi connectivity index (χ1v) is 15.2. The van der Waals surface area contributed by atoms with Crippen LogP contribution in [0.3, 0.4) is 0 Å². The quantitative estimate of drug-likeness (QED) is 0.148. The molecular formula is C42H24N2. The summed E-state index contributed by atoms with van der Waals surface area (Å²) in [6.45, 7) is 8.97. The summed E-state index contributed by atoms with van der Waals surface area (Å²) >= 11 is 0. The van der Waals surface area contributed by atoms with Crippen molar-refractivity contribution in [2.45, 2.75) is 0 Å². The number of rotatable bonds is 2. The molecule has 0 saturated carbocycles. The molecule has 0 atom stereocenters. The van der Waals surface area contributed by atoms with Gasteiger partial charge in [0.05, 0.1) is 33.1 Å². The number of fused-ring (bicyclic) bond motifs is 4. The maximum atomic E-state index is 4.59. The molecule has 0 fully saturated rings. The monoisotopic (exact) mass is 556 g/mol. The highest BCUT2D eigenvalue weighted by Gasteiger charge is 2.26. The Kier molecular flexibility index (Phi) is 3.90. The molecule has 11 rings (SSSR count). The summed E-state index contributed by atoms with van der Waals surface area (Å²) in [6, 6.07) is 42.6. The zero-order valence-corrected chi connectivity index (χ0v) is 23.9. The smallest absolute Gasteiger partial charge is 0.0795 e. The standard InChI is InChI=1S/C42H24N2/c1-3-28-31-21-27(24-10-5-4-6-11-24)22-32-30-16-8-14-26-20-33-29-15-7-12-25-13-9-17-34(37(25)29)43-35-19-18-23(2)36(28)41(35)44(39(31)32)42(38(26)30)40(33)43/h3-22H,1-2H2. The van der Waals surface area contributed by atoms with E-state index in [1.807, 2.05) is 6.08 Å². The van der Waals surface area contributed by atoms with E-state index in [1.54, 1.807) is 0 Å². The SMILES string of the molecule is C=Cc1c2cc(-c3ccccc3)cc3c4cccc5cc6c7cccc8cccc(c87)n7c8ccc(=C)c1c8n(c23)c(c54)c67. The van der Waals surface area contributed by atoms with Crippen LogP contribution in [0.4, 0.5) is 0 Å². The van der Waals surface area contributed by atoms with Crippen LogP contribution in [0.15, 0.2) is 122 Å². The van der Waals surface area contributed by atoms with Crippen molar-refractivity contribution in [1.29, 1.82) is 0 Å². The molecule has 0 radical (unpaired) electrons. The van der Waals surface area contributed by atoms with Crippen LogP contribution in [0.2, 0.25) is 0 Å². The van der Waals surface area contributed by atoms with Crippen molar-refractivity contribution in [2.24, 2.45) is 0 Å². The molecule has 0 aliphatic heterocycles. The fraction of sp³-hybridized carbons (Fsp3) is 0. The highest BCUT2D eigenvalue weighted by Crippen LogP contribution is 2.48. The maximum absolute atomic E-state index is 4.59. The van der Waals surface area contributed by atoms with Crippen molar-refractivity contribution >= 4 is 99.6 Å².